The van der Waals surface area contributed by atoms with Crippen LogP contribution in [0.25, 0.3) is 17.1 Å². The second-order valence-electron chi connectivity index (χ2n) is 7.47. The predicted molar refractivity (Wildman–Crippen MR) is 118 cm³/mol. The molecule has 1 aliphatic rings. The number of aromatic nitrogens is 2. The van der Waals surface area contributed by atoms with Crippen molar-refractivity contribution < 1.29 is 4.79 Å². The first kappa shape index (κ1) is 20.0. The molecule has 6 heteroatoms. The van der Waals surface area contributed by atoms with Gasteiger partial charge in [0, 0.05) is 22.3 Å². The van der Waals surface area contributed by atoms with Crippen LogP contribution < -0.4 is 5.32 Å². The van der Waals surface area contributed by atoms with Crippen molar-refractivity contribution in [2.75, 3.05) is 0 Å². The number of imidazole rings is 1. The highest BCUT2D eigenvalue weighted by Crippen LogP contribution is 2.33. The van der Waals surface area contributed by atoms with E-state index in [0.29, 0.717) is 27.1 Å². The van der Waals surface area contributed by atoms with E-state index in [-0.39, 0.29) is 11.9 Å². The lowest BCUT2D eigenvalue weighted by Crippen LogP contribution is -2.36. The predicted octanol–water partition coefficient (Wildman–Crippen LogP) is 6.22. The van der Waals surface area contributed by atoms with Crippen LogP contribution in [-0.4, -0.2) is 21.5 Å². The van der Waals surface area contributed by atoms with Gasteiger partial charge in [0.2, 0.25) is 0 Å². The van der Waals surface area contributed by atoms with Gasteiger partial charge in [-0.1, -0.05) is 60.7 Å². The van der Waals surface area contributed by atoms with Crippen LogP contribution in [0.2, 0.25) is 10.0 Å². The molecule has 150 valence electrons. The van der Waals surface area contributed by atoms with Gasteiger partial charge in [-0.15, -0.1) is 0 Å². The van der Waals surface area contributed by atoms with Crippen LogP contribution in [0.4, 0.5) is 0 Å². The Balaban J connectivity index is 1.80. The molecule has 1 heterocycles. The number of nitrogens with one attached hydrogen (secondary N) is 1. The van der Waals surface area contributed by atoms with Crippen LogP contribution in [0.5, 0.6) is 0 Å². The van der Waals surface area contributed by atoms with Crippen LogP contribution in [0, 0.1) is 6.92 Å². The highest BCUT2D eigenvalue weighted by Gasteiger charge is 2.25. The number of carbonyl (C=O) groups excluding carboxylic acids is 1. The second kappa shape index (κ2) is 8.60. The van der Waals surface area contributed by atoms with Gasteiger partial charge in [0.05, 0.1) is 10.7 Å². The average molecular weight is 428 g/mol. The molecular formula is C23H23Cl2N3O. The van der Waals surface area contributed by atoms with E-state index in [4.69, 9.17) is 28.2 Å². The fraction of sp³-hybridized carbons (Fsp3) is 0.304. The molecule has 0 atom stereocenters. The van der Waals surface area contributed by atoms with Gasteiger partial charge in [0.15, 0.2) is 0 Å². The Hall–Kier alpha value is -2.30. The molecule has 1 amide bonds. The van der Waals surface area contributed by atoms with Gasteiger partial charge in [-0.2, -0.15) is 0 Å². The highest BCUT2D eigenvalue weighted by atomic mass is 35.5. The molecule has 1 fully saturated rings. The zero-order valence-corrected chi connectivity index (χ0v) is 17.8. The summed E-state index contributed by atoms with van der Waals surface area (Å²) in [4.78, 5) is 17.8. The van der Waals surface area contributed by atoms with E-state index in [1.165, 1.54) is 6.42 Å². The number of rotatable bonds is 4. The van der Waals surface area contributed by atoms with Crippen molar-refractivity contribution in [3.63, 3.8) is 0 Å². The fourth-order valence-corrected chi connectivity index (χ4v) is 4.33. The maximum Gasteiger partial charge on any atom is 0.272 e. The Kier molecular flexibility index (Phi) is 5.93. The Morgan fingerprint density at radius 3 is 2.52 bits per heavy atom. The molecule has 1 saturated carbocycles. The lowest BCUT2D eigenvalue weighted by Gasteiger charge is -2.22. The van der Waals surface area contributed by atoms with Crippen molar-refractivity contribution in [1.29, 1.82) is 0 Å². The van der Waals surface area contributed by atoms with Crippen LogP contribution in [-0.2, 0) is 0 Å². The monoisotopic (exact) mass is 427 g/mol. The van der Waals surface area contributed by atoms with Crippen molar-refractivity contribution in [1.82, 2.24) is 14.9 Å². The molecule has 0 radical (unpaired) electrons. The third-order valence-electron chi connectivity index (χ3n) is 5.45. The van der Waals surface area contributed by atoms with Crippen LogP contribution in [0.15, 0.2) is 48.5 Å². The smallest absolute Gasteiger partial charge is 0.272 e. The standard InChI is InChI=1S/C23H23Cl2N3O/c1-15-21(23(29)26-17-8-4-2-5-9-17)27-22(19-14-16(24)12-13-20(19)25)28(15)18-10-6-3-7-11-18/h3,6-7,10-14,17H,2,4-5,8-9H2,1H3,(H,26,29). The molecule has 0 aliphatic heterocycles. The lowest BCUT2D eigenvalue weighted by molar-refractivity contribution is 0.0922. The molecule has 4 nitrogen and oxygen atoms in total. The number of halogens is 2. The molecular weight excluding hydrogens is 405 g/mol. The first-order valence-corrected chi connectivity index (χ1v) is 10.7. The number of benzene rings is 2. The summed E-state index contributed by atoms with van der Waals surface area (Å²) >= 11 is 12.7. The number of amides is 1. The molecule has 0 bridgehead atoms. The molecule has 0 saturated heterocycles. The van der Waals surface area contributed by atoms with Crippen molar-refractivity contribution in [3.05, 3.63) is 70.0 Å². The molecule has 1 aromatic heterocycles. The molecule has 1 N–H and O–H groups in total. The van der Waals surface area contributed by atoms with E-state index >= 15 is 0 Å². The van der Waals surface area contributed by atoms with E-state index in [2.05, 4.69) is 5.32 Å². The van der Waals surface area contributed by atoms with Crippen molar-refractivity contribution in [2.45, 2.75) is 45.1 Å². The number of hydrogen-bond donors (Lipinski definition) is 1. The minimum Gasteiger partial charge on any atom is -0.348 e. The van der Waals surface area contributed by atoms with E-state index in [1.807, 2.05) is 41.8 Å². The Labute approximate surface area is 180 Å². The number of carbonyl (C=O) groups is 1. The summed E-state index contributed by atoms with van der Waals surface area (Å²) in [5.74, 6) is 0.471. The number of nitrogens with zero attached hydrogens (tertiary/aromatic N) is 2. The summed E-state index contributed by atoms with van der Waals surface area (Å²) in [6.07, 6.45) is 5.61. The third kappa shape index (κ3) is 4.19. The maximum atomic E-state index is 13.1. The normalized spacial score (nSPS) is 14.7. The van der Waals surface area contributed by atoms with Crippen LogP contribution in [0.3, 0.4) is 0 Å². The SMILES string of the molecule is Cc1c(C(=O)NC2CCCCC2)nc(-c2cc(Cl)ccc2Cl)n1-c1ccccc1. The van der Waals surface area contributed by atoms with Gasteiger partial charge >= 0.3 is 0 Å². The molecule has 2 aromatic carbocycles. The van der Waals surface area contributed by atoms with Crippen molar-refractivity contribution >= 4 is 29.1 Å². The summed E-state index contributed by atoms with van der Waals surface area (Å²) in [5, 5.41) is 4.28. The molecule has 1 aliphatic carbocycles. The van der Waals surface area contributed by atoms with Crippen LogP contribution >= 0.6 is 23.2 Å². The van der Waals surface area contributed by atoms with Crippen molar-refractivity contribution in [3.8, 4) is 17.1 Å². The largest absolute Gasteiger partial charge is 0.348 e. The van der Waals surface area contributed by atoms with Gasteiger partial charge in [0.25, 0.3) is 5.91 Å². The Bertz CT molecular complexity index is 1020. The van der Waals surface area contributed by atoms with Crippen LogP contribution in [0.1, 0.15) is 48.3 Å². The molecule has 3 aromatic rings. The first-order chi connectivity index (χ1) is 14.0. The number of hydrogen-bond acceptors (Lipinski definition) is 2. The Morgan fingerprint density at radius 1 is 1.07 bits per heavy atom. The topological polar surface area (TPSA) is 46.9 Å². The van der Waals surface area contributed by atoms with Gasteiger partial charge in [-0.05, 0) is 50.1 Å². The fourth-order valence-electron chi connectivity index (χ4n) is 3.96. The van der Waals surface area contributed by atoms with Gasteiger partial charge in [-0.3, -0.25) is 9.36 Å². The van der Waals surface area contributed by atoms with E-state index < -0.39 is 0 Å². The summed E-state index contributed by atoms with van der Waals surface area (Å²) in [6.45, 7) is 1.91. The first-order valence-electron chi connectivity index (χ1n) is 9.95. The zero-order chi connectivity index (χ0) is 20.4. The van der Waals surface area contributed by atoms with E-state index in [9.17, 15) is 4.79 Å². The third-order valence-corrected chi connectivity index (χ3v) is 6.01. The van der Waals surface area contributed by atoms with Gasteiger partial charge in [-0.25, -0.2) is 4.98 Å². The lowest BCUT2D eigenvalue weighted by atomic mass is 9.95. The molecule has 0 spiro atoms. The average Bonchev–Trinajstić information content (AvgIpc) is 3.08. The molecule has 4 rings (SSSR count). The minimum absolute atomic E-state index is 0.136. The zero-order valence-electron chi connectivity index (χ0n) is 16.3. The Morgan fingerprint density at radius 2 is 1.79 bits per heavy atom. The van der Waals surface area contributed by atoms with E-state index in [0.717, 1.165) is 37.1 Å². The van der Waals surface area contributed by atoms with Gasteiger partial charge in [0.1, 0.15) is 11.5 Å². The van der Waals surface area contributed by atoms with E-state index in [1.54, 1.807) is 18.2 Å². The summed E-state index contributed by atoms with van der Waals surface area (Å²) in [5.41, 5.74) is 2.81. The van der Waals surface area contributed by atoms with Gasteiger partial charge < -0.3 is 5.32 Å². The summed E-state index contributed by atoms with van der Waals surface area (Å²) in [7, 11) is 0. The quantitative estimate of drug-likeness (QED) is 0.537. The highest BCUT2D eigenvalue weighted by molar-refractivity contribution is 6.35. The molecule has 29 heavy (non-hydrogen) atoms. The summed E-state index contributed by atoms with van der Waals surface area (Å²) in [6, 6.07) is 15.3. The summed E-state index contributed by atoms with van der Waals surface area (Å²) < 4.78 is 1.97. The second-order valence-corrected chi connectivity index (χ2v) is 8.32. The maximum absolute atomic E-state index is 13.1. The minimum atomic E-state index is -0.136. The van der Waals surface area contributed by atoms with Crippen molar-refractivity contribution in [2.24, 2.45) is 0 Å². The molecule has 0 unspecified atom stereocenters. The number of para-hydroxylation sites is 1.